The number of aliphatic carboxylic acids is 1. The number of halogens is 6. The minimum Gasteiger partial charge on any atom is -0.477 e. The van der Waals surface area contributed by atoms with Crippen molar-refractivity contribution in [2.24, 2.45) is 17.6 Å². The number of carboxylic acid groups (broad SMARTS) is 1. The first-order valence-corrected chi connectivity index (χ1v) is 12.0. The summed E-state index contributed by atoms with van der Waals surface area (Å²) in [6.45, 7) is 0.312. The van der Waals surface area contributed by atoms with E-state index in [-0.39, 0.29) is 58.3 Å². The number of rotatable bonds is 6. The van der Waals surface area contributed by atoms with Crippen molar-refractivity contribution in [1.29, 1.82) is 0 Å². The molecule has 3 heterocycles. The fourth-order valence-corrected chi connectivity index (χ4v) is 5.21. The summed E-state index contributed by atoms with van der Waals surface area (Å²) in [6, 6.07) is 3.33. The summed E-state index contributed by atoms with van der Waals surface area (Å²) >= 11 is 0. The van der Waals surface area contributed by atoms with Gasteiger partial charge < -0.3 is 20.3 Å². The third-order valence-corrected chi connectivity index (χ3v) is 7.30. The molecule has 2 saturated heterocycles. The summed E-state index contributed by atoms with van der Waals surface area (Å²) in [7, 11) is -4.01. The van der Waals surface area contributed by atoms with Gasteiger partial charge in [-0.25, -0.2) is 9.78 Å². The van der Waals surface area contributed by atoms with Gasteiger partial charge in [0.15, 0.2) is 0 Å². The molecular formula is C19H26F6N4O6S. The van der Waals surface area contributed by atoms with Crippen LogP contribution in [0, 0.1) is 11.8 Å². The predicted molar refractivity (Wildman–Crippen MR) is 112 cm³/mol. The van der Waals surface area contributed by atoms with Crippen LogP contribution < -0.4 is 10.5 Å². The third-order valence-electron chi connectivity index (χ3n) is 5.33. The van der Waals surface area contributed by atoms with Gasteiger partial charge in [0.25, 0.3) is 10.2 Å². The van der Waals surface area contributed by atoms with E-state index in [1.807, 2.05) is 0 Å². The van der Waals surface area contributed by atoms with E-state index >= 15 is 0 Å². The average molecular weight is 552 g/mol. The van der Waals surface area contributed by atoms with Gasteiger partial charge in [0.05, 0.1) is 25.7 Å². The number of ether oxygens (including phenoxy) is 2. The van der Waals surface area contributed by atoms with E-state index in [0.29, 0.717) is 0 Å². The number of aromatic nitrogens is 1. The molecule has 0 bridgehead atoms. The molecular weight excluding hydrogens is 526 g/mol. The molecule has 2 aliphatic heterocycles. The standard InChI is InChI=1S/C17H25F3N4O4S.C2HF3O2/c18-17(19,20)15-7-14(12-28-16-8-13(9-21)1-2-22-16)10-24(11-15)29(25,26)23-3-5-27-6-4-23;3-2(4,5)1(6)7/h1-2,8,14-15H,3-7,9-12,21H2;(H,6,7)/t14-,15+;/m0./s1. The number of alkyl halides is 6. The molecule has 10 nitrogen and oxygen atoms in total. The molecule has 2 aliphatic rings. The smallest absolute Gasteiger partial charge is 0.477 e. The van der Waals surface area contributed by atoms with Crippen LogP contribution in [0.15, 0.2) is 18.3 Å². The molecule has 2 atom stereocenters. The van der Waals surface area contributed by atoms with Crippen LogP contribution in [0.4, 0.5) is 26.3 Å². The lowest BCUT2D eigenvalue weighted by Gasteiger charge is -2.40. The Labute approximate surface area is 203 Å². The summed E-state index contributed by atoms with van der Waals surface area (Å²) < 4.78 is 111. The molecule has 0 saturated carbocycles. The Kier molecular flexibility index (Phi) is 10.3. The molecule has 36 heavy (non-hydrogen) atoms. The van der Waals surface area contributed by atoms with E-state index in [2.05, 4.69) is 4.98 Å². The third kappa shape index (κ3) is 8.72. The molecule has 0 spiro atoms. The van der Waals surface area contributed by atoms with Crippen molar-refractivity contribution in [3.05, 3.63) is 23.9 Å². The first kappa shape index (κ1) is 30.0. The van der Waals surface area contributed by atoms with Gasteiger partial charge in [-0.2, -0.15) is 43.4 Å². The van der Waals surface area contributed by atoms with Crippen molar-refractivity contribution in [2.75, 3.05) is 46.0 Å². The second-order valence-corrected chi connectivity index (χ2v) is 9.93. The summed E-state index contributed by atoms with van der Waals surface area (Å²) in [5.41, 5.74) is 6.35. The van der Waals surface area contributed by atoms with Crippen LogP contribution >= 0.6 is 0 Å². The van der Waals surface area contributed by atoms with Gasteiger partial charge >= 0.3 is 18.3 Å². The minimum atomic E-state index is -5.08. The van der Waals surface area contributed by atoms with Gasteiger partial charge in [-0.3, -0.25) is 0 Å². The molecule has 1 aromatic heterocycles. The summed E-state index contributed by atoms with van der Waals surface area (Å²) in [6.07, 6.45) is -8.27. The Balaban J connectivity index is 0.000000572. The zero-order valence-corrected chi connectivity index (χ0v) is 19.7. The van der Waals surface area contributed by atoms with Crippen LogP contribution in [0.25, 0.3) is 0 Å². The Bertz CT molecular complexity index is 972. The highest BCUT2D eigenvalue weighted by molar-refractivity contribution is 7.86. The second kappa shape index (κ2) is 12.4. The van der Waals surface area contributed by atoms with E-state index in [1.165, 1.54) is 10.5 Å². The van der Waals surface area contributed by atoms with Gasteiger partial charge in [-0.05, 0) is 18.1 Å². The molecule has 1 aromatic rings. The van der Waals surface area contributed by atoms with Crippen LogP contribution in [0.5, 0.6) is 5.88 Å². The zero-order valence-electron chi connectivity index (χ0n) is 18.8. The predicted octanol–water partition coefficient (Wildman–Crippen LogP) is 1.63. The number of hydrogen-bond acceptors (Lipinski definition) is 7. The lowest BCUT2D eigenvalue weighted by molar-refractivity contribution is -0.192. The van der Waals surface area contributed by atoms with Crippen LogP contribution in [-0.4, -0.2) is 91.4 Å². The second-order valence-electron chi connectivity index (χ2n) is 8.00. The van der Waals surface area contributed by atoms with Crippen molar-refractivity contribution >= 4 is 16.2 Å². The highest BCUT2D eigenvalue weighted by Gasteiger charge is 2.48. The maximum absolute atomic E-state index is 13.5. The number of pyridine rings is 1. The molecule has 0 aromatic carbocycles. The van der Waals surface area contributed by atoms with E-state index < -0.39 is 46.9 Å². The van der Waals surface area contributed by atoms with Crippen LogP contribution in [-0.2, 0) is 26.3 Å². The van der Waals surface area contributed by atoms with Crippen molar-refractivity contribution in [1.82, 2.24) is 13.6 Å². The van der Waals surface area contributed by atoms with Crippen molar-refractivity contribution in [3.63, 3.8) is 0 Å². The van der Waals surface area contributed by atoms with E-state index in [9.17, 15) is 34.8 Å². The topological polar surface area (TPSA) is 135 Å². The van der Waals surface area contributed by atoms with Crippen molar-refractivity contribution in [2.45, 2.75) is 25.3 Å². The number of morpholine rings is 1. The number of piperidine rings is 1. The van der Waals surface area contributed by atoms with Crippen LogP contribution in [0.3, 0.4) is 0 Å². The van der Waals surface area contributed by atoms with Gasteiger partial charge in [0.2, 0.25) is 5.88 Å². The summed E-state index contributed by atoms with van der Waals surface area (Å²) in [4.78, 5) is 12.9. The number of nitrogens with zero attached hydrogens (tertiary/aromatic N) is 3. The molecule has 0 amide bonds. The largest absolute Gasteiger partial charge is 0.490 e. The summed E-state index contributed by atoms with van der Waals surface area (Å²) in [5.74, 6) is -4.87. The normalized spacial score (nSPS) is 22.4. The average Bonchev–Trinajstić information content (AvgIpc) is 2.82. The fraction of sp³-hybridized carbons (Fsp3) is 0.684. The van der Waals surface area contributed by atoms with Gasteiger partial charge in [0, 0.05) is 50.9 Å². The zero-order chi connectivity index (χ0) is 27.1. The lowest BCUT2D eigenvalue weighted by atomic mass is 9.90. The van der Waals surface area contributed by atoms with Crippen molar-refractivity contribution < 1.29 is 54.1 Å². The molecule has 0 aliphatic carbocycles. The number of hydrogen-bond donors (Lipinski definition) is 2. The number of nitrogens with two attached hydrogens (primary N) is 1. The quantitative estimate of drug-likeness (QED) is 0.509. The molecule has 0 unspecified atom stereocenters. The highest BCUT2D eigenvalue weighted by Crippen LogP contribution is 2.37. The van der Waals surface area contributed by atoms with Gasteiger partial charge in [-0.15, -0.1) is 0 Å². The maximum atomic E-state index is 13.5. The van der Waals surface area contributed by atoms with E-state index in [0.717, 1.165) is 9.87 Å². The number of carbonyl (C=O) groups is 1. The molecule has 3 rings (SSSR count). The molecule has 0 radical (unpaired) electrons. The maximum Gasteiger partial charge on any atom is 0.490 e. The monoisotopic (exact) mass is 552 g/mol. The molecule has 3 N–H and O–H groups in total. The first-order valence-electron chi connectivity index (χ1n) is 10.6. The lowest BCUT2D eigenvalue weighted by Crippen LogP contribution is -2.55. The van der Waals surface area contributed by atoms with E-state index in [4.69, 9.17) is 25.1 Å². The Morgan fingerprint density at radius 2 is 1.78 bits per heavy atom. The van der Waals surface area contributed by atoms with Crippen LogP contribution in [0.2, 0.25) is 0 Å². The molecule has 17 heteroatoms. The van der Waals surface area contributed by atoms with Crippen LogP contribution in [0.1, 0.15) is 12.0 Å². The Hall–Kier alpha value is -2.21. The van der Waals surface area contributed by atoms with Gasteiger partial charge in [0.1, 0.15) is 0 Å². The Morgan fingerprint density at radius 1 is 1.17 bits per heavy atom. The Morgan fingerprint density at radius 3 is 2.31 bits per heavy atom. The fourth-order valence-electron chi connectivity index (χ4n) is 3.51. The van der Waals surface area contributed by atoms with E-state index in [1.54, 1.807) is 12.1 Å². The first-order chi connectivity index (χ1) is 16.6. The highest BCUT2D eigenvalue weighted by atomic mass is 32.2. The molecule has 2 fully saturated rings. The molecule has 206 valence electrons. The van der Waals surface area contributed by atoms with Gasteiger partial charge in [-0.1, -0.05) is 0 Å². The minimum absolute atomic E-state index is 0.0388. The van der Waals surface area contributed by atoms with Crippen molar-refractivity contribution in [3.8, 4) is 5.88 Å². The SMILES string of the molecule is NCc1ccnc(OC[C@H]2C[C@@H](C(F)(F)F)CN(S(=O)(=O)N3CCOCC3)C2)c1.O=C(O)C(F)(F)F. The summed E-state index contributed by atoms with van der Waals surface area (Å²) in [5, 5.41) is 7.12. The number of carboxylic acids is 1.